The van der Waals surface area contributed by atoms with Gasteiger partial charge in [0.05, 0.1) is 6.61 Å². The van der Waals surface area contributed by atoms with Crippen molar-refractivity contribution >= 4 is 34.0 Å². The van der Waals surface area contributed by atoms with Gasteiger partial charge in [0.25, 0.3) is 5.79 Å². The second kappa shape index (κ2) is 16.0. The number of carbonyl (C=O) groups is 1. The predicted molar refractivity (Wildman–Crippen MR) is 163 cm³/mol. The van der Waals surface area contributed by atoms with Gasteiger partial charge in [-0.25, -0.2) is 4.79 Å². The summed E-state index contributed by atoms with van der Waals surface area (Å²) in [5, 5.41) is 43.3. The van der Waals surface area contributed by atoms with Gasteiger partial charge in [0, 0.05) is 23.4 Å². The molecule has 0 saturated carbocycles. The van der Waals surface area contributed by atoms with Gasteiger partial charge < -0.3 is 34.3 Å². The summed E-state index contributed by atoms with van der Waals surface area (Å²) in [7, 11) is 0. The van der Waals surface area contributed by atoms with Gasteiger partial charge in [-0.3, -0.25) is 4.79 Å². The summed E-state index contributed by atoms with van der Waals surface area (Å²) in [4.78, 5) is 25.9. The number of aliphatic hydroxyl groups is 4. The normalized spacial score (nSPS) is 25.9. The zero-order chi connectivity index (χ0) is 30.8. The molecule has 0 spiro atoms. The van der Waals surface area contributed by atoms with E-state index in [4.69, 9.17) is 26.1 Å². The Bertz CT molecular complexity index is 1220. The van der Waals surface area contributed by atoms with Crippen molar-refractivity contribution in [2.75, 3.05) is 6.61 Å². The topological polar surface area (TPSA) is 147 Å². The van der Waals surface area contributed by atoms with Crippen LogP contribution in [0.2, 0.25) is 0 Å². The largest absolute Gasteiger partial charge is 0.425 e. The van der Waals surface area contributed by atoms with E-state index in [1.807, 2.05) is 0 Å². The molecular weight excluding hydrogens is 560 g/mol. The van der Waals surface area contributed by atoms with Gasteiger partial charge in [-0.2, -0.15) is 0 Å². The summed E-state index contributed by atoms with van der Waals surface area (Å²) in [5.74, 6) is -2.98. The van der Waals surface area contributed by atoms with E-state index >= 15 is 0 Å². The summed E-state index contributed by atoms with van der Waals surface area (Å²) < 4.78 is 16.9. The number of aliphatic hydroxyl groups excluding tert-OH is 3. The van der Waals surface area contributed by atoms with Crippen LogP contribution in [0.4, 0.5) is 0 Å². The maximum atomic E-state index is 13.1. The SMILES string of the molecule is CCCCCCCCCCC(=S)CCCCC(=O)O[C@]1(c2ccc3ccc(=O)oc3c2)O[C@H](CO)[C@@](C)(O)[C@H](O)[C@H]1O. The van der Waals surface area contributed by atoms with E-state index in [1.165, 1.54) is 70.1 Å². The molecule has 1 aromatic heterocycles. The van der Waals surface area contributed by atoms with Gasteiger partial charge in [0.15, 0.2) is 6.10 Å². The zero-order valence-electron chi connectivity index (χ0n) is 24.8. The summed E-state index contributed by atoms with van der Waals surface area (Å²) in [6, 6.07) is 7.27. The predicted octanol–water partition coefficient (Wildman–Crippen LogP) is 4.81. The Hall–Kier alpha value is -2.21. The molecule has 42 heavy (non-hydrogen) atoms. The van der Waals surface area contributed by atoms with Crippen molar-refractivity contribution in [3.05, 3.63) is 46.3 Å². The van der Waals surface area contributed by atoms with Gasteiger partial charge in [0.2, 0.25) is 0 Å². The third kappa shape index (κ3) is 8.67. The monoisotopic (exact) mass is 606 g/mol. The fourth-order valence-electron chi connectivity index (χ4n) is 5.39. The van der Waals surface area contributed by atoms with Crippen LogP contribution in [-0.4, -0.2) is 61.8 Å². The minimum absolute atomic E-state index is 0.00283. The second-order valence-corrected chi connectivity index (χ2v) is 12.1. The van der Waals surface area contributed by atoms with Crippen molar-refractivity contribution in [3.63, 3.8) is 0 Å². The first-order chi connectivity index (χ1) is 20.0. The Morgan fingerprint density at radius 1 is 0.929 bits per heavy atom. The summed E-state index contributed by atoms with van der Waals surface area (Å²) >= 11 is 5.53. The van der Waals surface area contributed by atoms with Crippen molar-refractivity contribution in [1.82, 2.24) is 0 Å². The maximum absolute atomic E-state index is 13.1. The number of hydrogen-bond donors (Lipinski definition) is 4. The Morgan fingerprint density at radius 2 is 1.52 bits per heavy atom. The van der Waals surface area contributed by atoms with E-state index in [9.17, 15) is 30.0 Å². The van der Waals surface area contributed by atoms with E-state index in [-0.39, 0.29) is 17.6 Å². The highest BCUT2D eigenvalue weighted by Crippen LogP contribution is 2.44. The molecule has 0 radical (unpaired) electrons. The van der Waals surface area contributed by atoms with E-state index in [0.29, 0.717) is 18.2 Å². The molecular formula is C32H46O9S. The molecule has 4 N–H and O–H groups in total. The van der Waals surface area contributed by atoms with Crippen molar-refractivity contribution in [2.45, 2.75) is 127 Å². The van der Waals surface area contributed by atoms with E-state index < -0.39 is 47.9 Å². The van der Waals surface area contributed by atoms with Gasteiger partial charge in [-0.05, 0) is 56.0 Å². The Kier molecular flexibility index (Phi) is 13.1. The molecule has 2 heterocycles. The number of unbranched alkanes of at least 4 members (excludes halogenated alkanes) is 8. The number of ether oxygens (including phenoxy) is 2. The smallest absolute Gasteiger partial charge is 0.336 e. The third-order valence-electron chi connectivity index (χ3n) is 8.11. The summed E-state index contributed by atoms with van der Waals surface area (Å²) in [6.45, 7) is 2.70. The van der Waals surface area contributed by atoms with Crippen LogP contribution >= 0.6 is 12.2 Å². The van der Waals surface area contributed by atoms with Crippen molar-refractivity contribution in [3.8, 4) is 0 Å². The molecule has 1 saturated heterocycles. The number of fused-ring (bicyclic) bond motifs is 1. The molecule has 234 valence electrons. The molecule has 0 bridgehead atoms. The van der Waals surface area contributed by atoms with E-state index in [1.54, 1.807) is 12.1 Å². The van der Waals surface area contributed by atoms with Crippen LogP contribution < -0.4 is 5.63 Å². The lowest BCUT2D eigenvalue weighted by molar-refractivity contribution is -0.380. The molecule has 1 aromatic carbocycles. The molecule has 0 unspecified atom stereocenters. The zero-order valence-corrected chi connectivity index (χ0v) is 25.6. The highest BCUT2D eigenvalue weighted by molar-refractivity contribution is 7.80. The fourth-order valence-corrected chi connectivity index (χ4v) is 5.68. The van der Waals surface area contributed by atoms with E-state index in [0.717, 1.165) is 24.1 Å². The molecule has 5 atom stereocenters. The molecule has 3 rings (SSSR count). The molecule has 1 aliphatic heterocycles. The number of hydrogen-bond acceptors (Lipinski definition) is 10. The van der Waals surface area contributed by atoms with Crippen LogP contribution in [-0.2, 0) is 20.1 Å². The van der Waals surface area contributed by atoms with E-state index in [2.05, 4.69) is 6.92 Å². The van der Waals surface area contributed by atoms with Crippen molar-refractivity contribution in [2.24, 2.45) is 0 Å². The minimum atomic E-state index is -2.28. The number of esters is 1. The van der Waals surface area contributed by atoms with Gasteiger partial charge >= 0.3 is 11.6 Å². The maximum Gasteiger partial charge on any atom is 0.336 e. The summed E-state index contributed by atoms with van der Waals surface area (Å²) in [5.41, 5.74) is -2.43. The van der Waals surface area contributed by atoms with Crippen LogP contribution in [0.25, 0.3) is 11.0 Å². The van der Waals surface area contributed by atoms with Gasteiger partial charge in [-0.15, -0.1) is 0 Å². The first kappa shape index (κ1) is 34.3. The first-order valence-electron chi connectivity index (χ1n) is 15.2. The average Bonchev–Trinajstić information content (AvgIpc) is 2.96. The number of benzene rings is 1. The molecule has 2 aromatic rings. The van der Waals surface area contributed by atoms with Crippen LogP contribution in [0.3, 0.4) is 0 Å². The lowest BCUT2D eigenvalue weighted by Crippen LogP contribution is -2.70. The molecule has 1 aliphatic rings. The Morgan fingerprint density at radius 3 is 2.19 bits per heavy atom. The molecule has 10 heteroatoms. The third-order valence-corrected chi connectivity index (χ3v) is 8.52. The molecule has 9 nitrogen and oxygen atoms in total. The van der Waals surface area contributed by atoms with Crippen LogP contribution in [0, 0.1) is 0 Å². The van der Waals surface area contributed by atoms with Crippen LogP contribution in [0.15, 0.2) is 39.5 Å². The quantitative estimate of drug-likeness (QED) is 0.0856. The van der Waals surface area contributed by atoms with Crippen molar-refractivity contribution in [1.29, 1.82) is 0 Å². The first-order valence-corrected chi connectivity index (χ1v) is 15.6. The lowest BCUT2D eigenvalue weighted by atomic mass is 9.80. The van der Waals surface area contributed by atoms with Crippen LogP contribution in [0.5, 0.6) is 0 Å². The highest BCUT2D eigenvalue weighted by Gasteiger charge is 2.61. The number of carbonyl (C=O) groups excluding carboxylic acids is 1. The second-order valence-electron chi connectivity index (χ2n) is 11.5. The number of thiocarbonyl (C=S) groups is 1. The molecule has 1 fully saturated rings. The minimum Gasteiger partial charge on any atom is -0.425 e. The Balaban J connectivity index is 1.62. The molecule has 0 amide bonds. The fraction of sp³-hybridized carbons (Fsp3) is 0.656. The molecule has 0 aliphatic carbocycles. The van der Waals surface area contributed by atoms with Gasteiger partial charge in [-0.1, -0.05) is 76.2 Å². The average molecular weight is 607 g/mol. The van der Waals surface area contributed by atoms with Gasteiger partial charge in [0.1, 0.15) is 23.4 Å². The Labute approximate surface area is 252 Å². The highest BCUT2D eigenvalue weighted by atomic mass is 32.1. The van der Waals surface area contributed by atoms with Crippen molar-refractivity contribution < 1.29 is 39.1 Å². The van der Waals surface area contributed by atoms with Crippen LogP contribution in [0.1, 0.15) is 103 Å². The standard InChI is InChI=1S/C32H46O9S/c1-3-4-5-6-7-8-9-10-13-24(42)14-11-12-15-28(35)41-32(30(37)29(36)31(2,38)26(21-33)40-32)23-18-16-22-17-19-27(34)39-25(22)20-23/h16-20,26,29-30,33,36-38H,3-15,21H2,1-2H3/t26-,29-,30-,31-,32+/m1/s1. The summed E-state index contributed by atoms with van der Waals surface area (Å²) in [6.07, 6.45) is 7.56. The number of rotatable bonds is 17. The lowest BCUT2D eigenvalue weighted by Gasteiger charge is -2.51.